The van der Waals surface area contributed by atoms with Gasteiger partial charge in [-0.15, -0.1) is 0 Å². The second kappa shape index (κ2) is 10.8. The Morgan fingerprint density at radius 3 is 2.44 bits per heavy atom. The molecule has 7 rings (SSSR count). The first-order chi connectivity index (χ1) is 19.7. The van der Waals surface area contributed by atoms with E-state index in [1.165, 1.54) is 44.6 Å². The number of ether oxygens (including phenoxy) is 2. The van der Waals surface area contributed by atoms with E-state index in [0.29, 0.717) is 17.1 Å². The van der Waals surface area contributed by atoms with Crippen molar-refractivity contribution in [3.63, 3.8) is 0 Å². The molecule has 4 bridgehead atoms. The van der Waals surface area contributed by atoms with Gasteiger partial charge in [0.05, 0.1) is 23.5 Å². The van der Waals surface area contributed by atoms with Crippen molar-refractivity contribution in [2.45, 2.75) is 50.6 Å². The van der Waals surface area contributed by atoms with Crippen molar-refractivity contribution in [3.05, 3.63) is 68.6 Å². The fraction of sp³-hybridized carbons (Fsp3) is 0.433. The summed E-state index contributed by atoms with van der Waals surface area (Å²) in [6.07, 6.45) is 8.67. The zero-order chi connectivity index (χ0) is 28.7. The molecule has 0 aromatic heterocycles. The quantitative estimate of drug-likeness (QED) is 0.241. The van der Waals surface area contributed by atoms with Crippen LogP contribution in [0.1, 0.15) is 49.7 Å². The van der Waals surface area contributed by atoms with Gasteiger partial charge in [0.25, 0.3) is 22.7 Å². The average molecular weight is 578 g/mol. The number of nitro benzene ring substituents is 1. The molecule has 10 nitrogen and oxygen atoms in total. The summed E-state index contributed by atoms with van der Waals surface area (Å²) >= 11 is 0.772. The van der Waals surface area contributed by atoms with Crippen molar-refractivity contribution in [2.24, 2.45) is 17.8 Å². The molecule has 4 aliphatic carbocycles. The number of methoxy groups -OCH3 is 1. The third-order valence-electron chi connectivity index (χ3n) is 8.68. The Hall–Kier alpha value is -3.86. The molecular formula is C30H31N3O7S. The van der Waals surface area contributed by atoms with Crippen LogP contribution in [0.3, 0.4) is 0 Å². The monoisotopic (exact) mass is 577 g/mol. The van der Waals surface area contributed by atoms with E-state index in [1.807, 2.05) is 0 Å². The van der Waals surface area contributed by atoms with E-state index in [2.05, 4.69) is 5.32 Å². The molecule has 214 valence electrons. The molecule has 1 heterocycles. The number of rotatable bonds is 9. The smallest absolute Gasteiger partial charge is 0.293 e. The van der Waals surface area contributed by atoms with Crippen molar-refractivity contribution >= 4 is 40.6 Å². The number of hydrogen-bond donors (Lipinski definition) is 1. The summed E-state index contributed by atoms with van der Waals surface area (Å²) < 4.78 is 11.3. The van der Waals surface area contributed by atoms with Crippen LogP contribution in [0.4, 0.5) is 10.5 Å². The SMILES string of the molecule is COc1cc(/C=C2\SC(=O)N(Cc3ccccc3[N+](=O)[O-])C2=O)ccc1OCC(=O)NC12CC3CC(CC(C3)C1)C2. The third-order valence-corrected chi connectivity index (χ3v) is 9.58. The minimum absolute atomic E-state index is 0.0858. The number of hydrogen-bond acceptors (Lipinski definition) is 8. The highest BCUT2D eigenvalue weighted by molar-refractivity contribution is 8.18. The average Bonchev–Trinajstić information content (AvgIpc) is 3.18. The van der Waals surface area contributed by atoms with Crippen molar-refractivity contribution in [2.75, 3.05) is 13.7 Å². The molecule has 1 saturated heterocycles. The topological polar surface area (TPSA) is 128 Å². The predicted octanol–water partition coefficient (Wildman–Crippen LogP) is 5.30. The molecule has 0 spiro atoms. The third kappa shape index (κ3) is 5.55. The first-order valence-corrected chi connectivity index (χ1v) is 14.6. The molecule has 0 radical (unpaired) electrons. The molecule has 2 aromatic carbocycles. The minimum Gasteiger partial charge on any atom is -0.493 e. The lowest BCUT2D eigenvalue weighted by molar-refractivity contribution is -0.385. The van der Waals surface area contributed by atoms with E-state index >= 15 is 0 Å². The van der Waals surface area contributed by atoms with Gasteiger partial charge in [-0.1, -0.05) is 24.3 Å². The normalized spacial score (nSPS) is 27.4. The standard InChI is InChI=1S/C30H31N3O7S/c1-39-25-11-18(12-26-28(35)32(29(36)41-26)16-22-4-2-3-5-23(22)33(37)38)6-7-24(25)40-17-27(34)31-30-13-19-8-20(14-30)10-21(9-19)15-30/h2-7,11-12,19-21H,8-10,13-17H2,1H3,(H,31,34)/b26-12-. The largest absolute Gasteiger partial charge is 0.493 e. The fourth-order valence-corrected chi connectivity index (χ4v) is 8.25. The summed E-state index contributed by atoms with van der Waals surface area (Å²) in [7, 11) is 1.49. The summed E-state index contributed by atoms with van der Waals surface area (Å²) in [5, 5.41) is 14.1. The Balaban J connectivity index is 1.10. The zero-order valence-electron chi connectivity index (χ0n) is 22.7. The van der Waals surface area contributed by atoms with Crippen LogP contribution in [0.25, 0.3) is 6.08 Å². The van der Waals surface area contributed by atoms with Crippen molar-refractivity contribution in [3.8, 4) is 11.5 Å². The van der Waals surface area contributed by atoms with Gasteiger partial charge in [-0.25, -0.2) is 0 Å². The summed E-state index contributed by atoms with van der Waals surface area (Å²) in [6, 6.07) is 11.1. The molecule has 0 unspecified atom stereocenters. The van der Waals surface area contributed by atoms with Gasteiger partial charge in [-0.2, -0.15) is 0 Å². The molecular weight excluding hydrogens is 546 g/mol. The number of imide groups is 1. The summed E-state index contributed by atoms with van der Waals surface area (Å²) in [5.41, 5.74) is 0.639. The van der Waals surface area contributed by atoms with Gasteiger partial charge >= 0.3 is 0 Å². The Morgan fingerprint density at radius 2 is 1.78 bits per heavy atom. The first kappa shape index (κ1) is 27.3. The number of carbonyl (C=O) groups excluding carboxylic acids is 3. The Bertz CT molecular complexity index is 1420. The Labute approximate surface area is 241 Å². The number of benzene rings is 2. The Kier molecular flexibility index (Phi) is 7.23. The van der Waals surface area contributed by atoms with Crippen LogP contribution >= 0.6 is 11.8 Å². The molecule has 5 fully saturated rings. The van der Waals surface area contributed by atoms with Crippen LogP contribution in [0.2, 0.25) is 0 Å². The van der Waals surface area contributed by atoms with Crippen LogP contribution in [-0.4, -0.2) is 46.1 Å². The number of para-hydroxylation sites is 1. The van der Waals surface area contributed by atoms with E-state index in [1.54, 1.807) is 30.3 Å². The van der Waals surface area contributed by atoms with Crippen molar-refractivity contribution in [1.82, 2.24) is 10.2 Å². The highest BCUT2D eigenvalue weighted by Gasteiger charge is 2.51. The van der Waals surface area contributed by atoms with E-state index in [0.717, 1.165) is 53.7 Å². The Morgan fingerprint density at radius 1 is 1.10 bits per heavy atom. The van der Waals surface area contributed by atoms with Crippen LogP contribution in [0.5, 0.6) is 11.5 Å². The molecule has 3 amide bonds. The second-order valence-electron chi connectivity index (χ2n) is 11.6. The van der Waals surface area contributed by atoms with E-state index in [9.17, 15) is 24.5 Å². The molecule has 11 heteroatoms. The highest BCUT2D eigenvalue weighted by Crippen LogP contribution is 2.55. The van der Waals surface area contributed by atoms with Crippen LogP contribution < -0.4 is 14.8 Å². The molecule has 5 aliphatic rings. The molecule has 4 saturated carbocycles. The molecule has 2 aromatic rings. The number of nitrogens with one attached hydrogen (secondary N) is 1. The summed E-state index contributed by atoms with van der Waals surface area (Å²) in [5.74, 6) is 2.31. The highest BCUT2D eigenvalue weighted by atomic mass is 32.2. The number of nitro groups is 1. The van der Waals surface area contributed by atoms with Gasteiger partial charge in [0.15, 0.2) is 18.1 Å². The molecule has 0 atom stereocenters. The second-order valence-corrected chi connectivity index (χ2v) is 12.6. The first-order valence-electron chi connectivity index (χ1n) is 13.8. The van der Waals surface area contributed by atoms with Crippen molar-refractivity contribution < 1.29 is 28.8 Å². The van der Waals surface area contributed by atoms with Gasteiger partial charge in [-0.05, 0) is 91.8 Å². The van der Waals surface area contributed by atoms with Crippen LogP contribution in [0, 0.1) is 27.9 Å². The predicted molar refractivity (Wildman–Crippen MR) is 152 cm³/mol. The van der Waals surface area contributed by atoms with E-state index < -0.39 is 16.1 Å². The number of nitrogens with zero attached hydrogens (tertiary/aromatic N) is 2. The summed E-state index contributed by atoms with van der Waals surface area (Å²) in [6.45, 7) is -0.317. The van der Waals surface area contributed by atoms with Crippen LogP contribution in [0.15, 0.2) is 47.4 Å². The molecule has 1 aliphatic heterocycles. The maximum atomic E-state index is 13.0. The zero-order valence-corrected chi connectivity index (χ0v) is 23.5. The number of thioether (sulfide) groups is 1. The van der Waals surface area contributed by atoms with Gasteiger partial charge in [-0.3, -0.25) is 29.4 Å². The van der Waals surface area contributed by atoms with Gasteiger partial charge in [0.2, 0.25) is 0 Å². The maximum Gasteiger partial charge on any atom is 0.293 e. The lowest BCUT2D eigenvalue weighted by Gasteiger charge is -2.56. The van der Waals surface area contributed by atoms with Gasteiger partial charge in [0, 0.05) is 17.2 Å². The van der Waals surface area contributed by atoms with Crippen LogP contribution in [-0.2, 0) is 16.1 Å². The summed E-state index contributed by atoms with van der Waals surface area (Å²) in [4.78, 5) is 50.5. The van der Waals surface area contributed by atoms with Gasteiger partial charge in [0.1, 0.15) is 0 Å². The van der Waals surface area contributed by atoms with Crippen molar-refractivity contribution in [1.29, 1.82) is 0 Å². The fourth-order valence-electron chi connectivity index (χ4n) is 7.41. The maximum absolute atomic E-state index is 13.0. The van der Waals surface area contributed by atoms with Gasteiger partial charge < -0.3 is 14.8 Å². The molecule has 41 heavy (non-hydrogen) atoms. The molecule has 1 N–H and O–H groups in total. The lowest BCUT2D eigenvalue weighted by Crippen LogP contribution is -2.60. The van der Waals surface area contributed by atoms with E-state index in [-0.39, 0.29) is 40.8 Å². The number of amides is 3. The number of carbonyl (C=O) groups is 3. The lowest BCUT2D eigenvalue weighted by atomic mass is 9.53. The van der Waals surface area contributed by atoms with E-state index in [4.69, 9.17) is 9.47 Å². The minimum atomic E-state index is -0.535.